The van der Waals surface area contributed by atoms with Crippen LogP contribution in [0, 0.1) is 0 Å². The van der Waals surface area contributed by atoms with Crippen molar-refractivity contribution < 1.29 is 14.2 Å². The smallest absolute Gasteiger partial charge is 0.191 e. The van der Waals surface area contributed by atoms with E-state index in [-0.39, 0.29) is 30.1 Å². The fourth-order valence-corrected chi connectivity index (χ4v) is 3.06. The Labute approximate surface area is 197 Å². The van der Waals surface area contributed by atoms with E-state index in [9.17, 15) is 0 Å². The van der Waals surface area contributed by atoms with Crippen LogP contribution in [-0.4, -0.2) is 46.9 Å². The number of hydrogen-bond donors (Lipinski definition) is 2. The molecule has 2 aromatic rings. The van der Waals surface area contributed by atoms with Gasteiger partial charge in [-0.1, -0.05) is 36.4 Å². The highest BCUT2D eigenvalue weighted by molar-refractivity contribution is 14.0. The fraction of sp³-hybridized carbons (Fsp3) is 0.435. The number of methoxy groups -OCH3 is 2. The van der Waals surface area contributed by atoms with E-state index in [2.05, 4.69) is 39.9 Å². The largest absolute Gasteiger partial charge is 0.493 e. The average molecular weight is 527 g/mol. The maximum atomic E-state index is 5.65. The van der Waals surface area contributed by atoms with Gasteiger partial charge in [-0.2, -0.15) is 0 Å². The summed E-state index contributed by atoms with van der Waals surface area (Å²) in [6.45, 7) is 4.06. The summed E-state index contributed by atoms with van der Waals surface area (Å²) >= 11 is 0. The lowest BCUT2D eigenvalue weighted by molar-refractivity contribution is 0.106. The zero-order chi connectivity index (χ0) is 20.9. The lowest BCUT2D eigenvalue weighted by Crippen LogP contribution is -2.40. The van der Waals surface area contributed by atoms with Crippen LogP contribution >= 0.6 is 24.0 Å². The van der Waals surface area contributed by atoms with Gasteiger partial charge in [-0.25, -0.2) is 0 Å². The Hall–Kier alpha value is -2.00. The van der Waals surface area contributed by atoms with Crippen molar-refractivity contribution in [3.8, 4) is 11.5 Å². The second-order valence-electron chi connectivity index (χ2n) is 6.54. The Morgan fingerprint density at radius 2 is 1.80 bits per heavy atom. The first kappa shape index (κ1) is 26.0. The Morgan fingerprint density at radius 1 is 1.03 bits per heavy atom. The summed E-state index contributed by atoms with van der Waals surface area (Å²) in [6, 6.07) is 16.3. The van der Waals surface area contributed by atoms with Crippen molar-refractivity contribution in [2.75, 3.05) is 41.0 Å². The third-order valence-corrected chi connectivity index (χ3v) is 4.60. The Balaban J connectivity index is 0.00000450. The lowest BCUT2D eigenvalue weighted by Gasteiger charge is -2.18. The SMILES string of the molecule is CCOc1cc(CCCNC(=NC)NCC(OC)c2ccccc2)ccc1OC.I. The molecule has 0 amide bonds. The molecule has 1 atom stereocenters. The minimum absolute atomic E-state index is 0. The van der Waals surface area contributed by atoms with Crippen molar-refractivity contribution in [1.29, 1.82) is 0 Å². The van der Waals surface area contributed by atoms with Gasteiger partial charge in [-0.3, -0.25) is 4.99 Å². The van der Waals surface area contributed by atoms with Crippen molar-refractivity contribution >= 4 is 29.9 Å². The monoisotopic (exact) mass is 527 g/mol. The molecule has 0 fully saturated rings. The van der Waals surface area contributed by atoms with Gasteiger partial charge in [-0.15, -0.1) is 24.0 Å². The molecular formula is C23H34IN3O3. The molecule has 6 nitrogen and oxygen atoms in total. The predicted octanol–water partition coefficient (Wildman–Crippen LogP) is 4.20. The van der Waals surface area contributed by atoms with Crippen LogP contribution in [0.25, 0.3) is 0 Å². The molecule has 0 aliphatic carbocycles. The Bertz CT molecular complexity index is 757. The molecule has 0 aliphatic heterocycles. The van der Waals surface area contributed by atoms with Crippen LogP contribution in [-0.2, 0) is 11.2 Å². The van der Waals surface area contributed by atoms with Crippen LogP contribution in [0.3, 0.4) is 0 Å². The summed E-state index contributed by atoms with van der Waals surface area (Å²) in [4.78, 5) is 4.30. The Morgan fingerprint density at radius 3 is 2.43 bits per heavy atom. The highest BCUT2D eigenvalue weighted by Gasteiger charge is 2.10. The van der Waals surface area contributed by atoms with Crippen molar-refractivity contribution in [2.24, 2.45) is 4.99 Å². The van der Waals surface area contributed by atoms with Crippen LogP contribution in [0.5, 0.6) is 11.5 Å². The van der Waals surface area contributed by atoms with E-state index < -0.39 is 0 Å². The Kier molecular flexibility index (Phi) is 12.9. The van der Waals surface area contributed by atoms with Crippen LogP contribution in [0.1, 0.15) is 30.6 Å². The first-order chi connectivity index (χ1) is 14.2. The first-order valence-corrected chi connectivity index (χ1v) is 10.0. The van der Waals surface area contributed by atoms with Crippen LogP contribution in [0.15, 0.2) is 53.5 Å². The summed E-state index contributed by atoms with van der Waals surface area (Å²) in [7, 11) is 5.16. The normalized spacial score (nSPS) is 11.9. The number of aliphatic imine (C=N–C) groups is 1. The molecule has 0 radical (unpaired) electrons. The van der Waals surface area contributed by atoms with Gasteiger partial charge in [0.05, 0.1) is 19.8 Å². The zero-order valence-electron chi connectivity index (χ0n) is 18.3. The van der Waals surface area contributed by atoms with Gasteiger partial charge in [0.15, 0.2) is 17.5 Å². The van der Waals surface area contributed by atoms with Crippen molar-refractivity contribution in [3.05, 3.63) is 59.7 Å². The fourth-order valence-electron chi connectivity index (χ4n) is 3.06. The maximum Gasteiger partial charge on any atom is 0.191 e. The highest BCUT2D eigenvalue weighted by Crippen LogP contribution is 2.28. The molecule has 0 saturated heterocycles. The van der Waals surface area contributed by atoms with Crippen molar-refractivity contribution in [3.63, 3.8) is 0 Å². The standard InChI is InChI=1S/C23H33N3O3.HI/c1-5-29-21-16-18(13-14-20(21)27-3)10-9-15-25-23(24-2)26-17-22(28-4)19-11-7-6-8-12-19;/h6-8,11-14,16,22H,5,9-10,15,17H2,1-4H3,(H2,24,25,26);1H. The molecule has 1 unspecified atom stereocenters. The van der Waals surface area contributed by atoms with Gasteiger partial charge in [0.2, 0.25) is 0 Å². The van der Waals surface area contributed by atoms with Gasteiger partial charge in [0.25, 0.3) is 0 Å². The second kappa shape index (κ2) is 14.9. The van der Waals surface area contributed by atoms with E-state index in [4.69, 9.17) is 14.2 Å². The zero-order valence-corrected chi connectivity index (χ0v) is 20.6. The quantitative estimate of drug-likeness (QED) is 0.199. The number of halogens is 1. The topological polar surface area (TPSA) is 64.1 Å². The molecule has 2 N–H and O–H groups in total. The summed E-state index contributed by atoms with van der Waals surface area (Å²) in [5.74, 6) is 2.33. The third kappa shape index (κ3) is 8.39. The molecule has 166 valence electrons. The summed E-state index contributed by atoms with van der Waals surface area (Å²) in [6.07, 6.45) is 1.90. The number of nitrogens with zero attached hydrogens (tertiary/aromatic N) is 1. The highest BCUT2D eigenvalue weighted by atomic mass is 127. The minimum atomic E-state index is -0.0222. The minimum Gasteiger partial charge on any atom is -0.493 e. The number of benzene rings is 2. The van der Waals surface area contributed by atoms with E-state index >= 15 is 0 Å². The third-order valence-electron chi connectivity index (χ3n) is 4.60. The number of guanidine groups is 1. The maximum absolute atomic E-state index is 5.65. The summed E-state index contributed by atoms with van der Waals surface area (Å²) in [5, 5.41) is 6.70. The molecule has 0 saturated carbocycles. The van der Waals surface area contributed by atoms with E-state index in [1.54, 1.807) is 21.3 Å². The van der Waals surface area contributed by atoms with E-state index in [1.807, 2.05) is 31.2 Å². The molecule has 0 aliphatic rings. The second-order valence-corrected chi connectivity index (χ2v) is 6.54. The van der Waals surface area contributed by atoms with Gasteiger partial charge in [0.1, 0.15) is 0 Å². The molecule has 0 heterocycles. The molecule has 0 bridgehead atoms. The van der Waals surface area contributed by atoms with Crippen molar-refractivity contribution in [2.45, 2.75) is 25.9 Å². The van der Waals surface area contributed by atoms with Crippen LogP contribution in [0.2, 0.25) is 0 Å². The molecule has 30 heavy (non-hydrogen) atoms. The molecule has 2 aromatic carbocycles. The van der Waals surface area contributed by atoms with Gasteiger partial charge in [0, 0.05) is 27.2 Å². The number of rotatable bonds is 11. The predicted molar refractivity (Wildman–Crippen MR) is 133 cm³/mol. The summed E-state index contributed by atoms with van der Waals surface area (Å²) in [5.41, 5.74) is 2.37. The van der Waals surface area contributed by atoms with Gasteiger partial charge < -0.3 is 24.8 Å². The van der Waals surface area contributed by atoms with E-state index in [0.29, 0.717) is 13.2 Å². The van der Waals surface area contributed by atoms with E-state index in [0.717, 1.165) is 42.4 Å². The van der Waals surface area contributed by atoms with Crippen molar-refractivity contribution in [1.82, 2.24) is 10.6 Å². The van der Waals surface area contributed by atoms with Crippen LogP contribution < -0.4 is 20.1 Å². The van der Waals surface area contributed by atoms with Crippen LogP contribution in [0.4, 0.5) is 0 Å². The first-order valence-electron chi connectivity index (χ1n) is 10.0. The molecule has 2 rings (SSSR count). The molecular weight excluding hydrogens is 493 g/mol. The number of hydrogen-bond acceptors (Lipinski definition) is 4. The molecule has 0 aromatic heterocycles. The van der Waals surface area contributed by atoms with Gasteiger partial charge >= 0.3 is 0 Å². The number of nitrogens with one attached hydrogen (secondary N) is 2. The molecule has 0 spiro atoms. The average Bonchev–Trinajstić information content (AvgIpc) is 2.76. The lowest BCUT2D eigenvalue weighted by atomic mass is 10.1. The number of aryl methyl sites for hydroxylation is 1. The van der Waals surface area contributed by atoms with E-state index in [1.165, 1.54) is 5.56 Å². The molecule has 7 heteroatoms. The van der Waals surface area contributed by atoms with Gasteiger partial charge in [-0.05, 0) is 43.0 Å². The number of ether oxygens (including phenoxy) is 3. The summed E-state index contributed by atoms with van der Waals surface area (Å²) < 4.78 is 16.6.